The van der Waals surface area contributed by atoms with Gasteiger partial charge in [-0.1, -0.05) is 17.7 Å². The van der Waals surface area contributed by atoms with Crippen molar-refractivity contribution >= 4 is 40.8 Å². The SMILES string of the molecule is COC(=O)c1cccc(N2CC(C(=O)Nc3ccc(Cl)cc3)CC2=O)c1. The molecule has 0 aliphatic carbocycles. The number of benzene rings is 2. The molecule has 1 fully saturated rings. The third-order valence-electron chi connectivity index (χ3n) is 4.19. The molecule has 1 aliphatic rings. The molecule has 0 bridgehead atoms. The van der Waals surface area contributed by atoms with Gasteiger partial charge in [0, 0.05) is 29.4 Å². The maximum Gasteiger partial charge on any atom is 0.337 e. The van der Waals surface area contributed by atoms with Gasteiger partial charge in [-0.3, -0.25) is 9.59 Å². The van der Waals surface area contributed by atoms with Crippen molar-refractivity contribution in [3.63, 3.8) is 0 Å². The fraction of sp³-hybridized carbons (Fsp3) is 0.211. The van der Waals surface area contributed by atoms with Crippen LogP contribution in [0.3, 0.4) is 0 Å². The third kappa shape index (κ3) is 3.86. The zero-order valence-corrected chi connectivity index (χ0v) is 14.8. The Labute approximate surface area is 155 Å². The Kier molecular flexibility index (Phi) is 5.23. The van der Waals surface area contributed by atoms with E-state index in [1.54, 1.807) is 48.5 Å². The summed E-state index contributed by atoms with van der Waals surface area (Å²) in [6.07, 6.45) is 0.113. The lowest BCUT2D eigenvalue weighted by atomic mass is 10.1. The number of anilines is 2. The van der Waals surface area contributed by atoms with Gasteiger partial charge in [-0.05, 0) is 42.5 Å². The molecule has 0 aromatic heterocycles. The maximum atomic E-state index is 12.4. The Balaban J connectivity index is 1.71. The molecule has 1 atom stereocenters. The second-order valence-electron chi connectivity index (χ2n) is 5.94. The lowest BCUT2D eigenvalue weighted by Gasteiger charge is -2.17. The molecule has 1 N–H and O–H groups in total. The largest absolute Gasteiger partial charge is 0.465 e. The van der Waals surface area contributed by atoms with Crippen molar-refractivity contribution in [2.75, 3.05) is 23.9 Å². The number of carbonyl (C=O) groups excluding carboxylic acids is 3. The van der Waals surface area contributed by atoms with E-state index in [4.69, 9.17) is 16.3 Å². The fourth-order valence-electron chi connectivity index (χ4n) is 2.83. The predicted molar refractivity (Wildman–Crippen MR) is 98.3 cm³/mol. The molecular formula is C19H17ClN2O4. The van der Waals surface area contributed by atoms with Crippen LogP contribution in [0.1, 0.15) is 16.8 Å². The van der Waals surface area contributed by atoms with Crippen molar-refractivity contribution in [2.24, 2.45) is 5.92 Å². The van der Waals surface area contributed by atoms with E-state index in [2.05, 4.69) is 5.32 Å². The standard InChI is InChI=1S/C19H17ClN2O4/c1-26-19(25)12-3-2-4-16(9-12)22-11-13(10-17(22)23)18(24)21-15-7-5-14(20)6-8-15/h2-9,13H,10-11H2,1H3,(H,21,24). The van der Waals surface area contributed by atoms with Crippen molar-refractivity contribution in [3.8, 4) is 0 Å². The maximum absolute atomic E-state index is 12.4. The Morgan fingerprint density at radius 2 is 1.92 bits per heavy atom. The van der Waals surface area contributed by atoms with Crippen LogP contribution in [0.15, 0.2) is 48.5 Å². The van der Waals surface area contributed by atoms with E-state index >= 15 is 0 Å². The number of hydrogen-bond donors (Lipinski definition) is 1. The molecule has 3 rings (SSSR count). The molecule has 0 radical (unpaired) electrons. The van der Waals surface area contributed by atoms with Gasteiger partial charge in [0.1, 0.15) is 0 Å². The number of esters is 1. The summed E-state index contributed by atoms with van der Waals surface area (Å²) in [5.74, 6) is -1.34. The predicted octanol–water partition coefficient (Wildman–Crippen LogP) is 3.12. The number of methoxy groups -OCH3 is 1. The van der Waals surface area contributed by atoms with Gasteiger partial charge in [0.05, 0.1) is 18.6 Å². The molecule has 1 heterocycles. The minimum absolute atomic E-state index is 0.113. The summed E-state index contributed by atoms with van der Waals surface area (Å²) in [5, 5.41) is 3.37. The zero-order chi connectivity index (χ0) is 18.7. The van der Waals surface area contributed by atoms with Crippen molar-refractivity contribution in [3.05, 3.63) is 59.1 Å². The van der Waals surface area contributed by atoms with E-state index in [-0.39, 0.29) is 24.8 Å². The molecule has 26 heavy (non-hydrogen) atoms. The molecule has 2 aromatic carbocycles. The van der Waals surface area contributed by atoms with Crippen LogP contribution in [-0.2, 0) is 14.3 Å². The van der Waals surface area contributed by atoms with Crippen LogP contribution >= 0.6 is 11.6 Å². The quantitative estimate of drug-likeness (QED) is 0.837. The Morgan fingerprint density at radius 1 is 1.19 bits per heavy atom. The van der Waals surface area contributed by atoms with Gasteiger partial charge < -0.3 is 15.0 Å². The average molecular weight is 373 g/mol. The lowest BCUT2D eigenvalue weighted by Crippen LogP contribution is -2.28. The number of hydrogen-bond acceptors (Lipinski definition) is 4. The molecule has 1 unspecified atom stereocenters. The molecule has 1 saturated heterocycles. The summed E-state index contributed by atoms with van der Waals surface area (Å²) in [6, 6.07) is 13.4. The van der Waals surface area contributed by atoms with Crippen molar-refractivity contribution in [2.45, 2.75) is 6.42 Å². The van der Waals surface area contributed by atoms with Crippen LogP contribution in [0.2, 0.25) is 5.02 Å². The molecular weight excluding hydrogens is 356 g/mol. The van der Waals surface area contributed by atoms with Crippen LogP contribution in [0.5, 0.6) is 0 Å². The molecule has 6 nitrogen and oxygen atoms in total. The number of amides is 2. The molecule has 2 aromatic rings. The second kappa shape index (κ2) is 7.58. The van der Waals surface area contributed by atoms with E-state index in [0.717, 1.165) is 0 Å². The molecule has 1 aliphatic heterocycles. The summed E-state index contributed by atoms with van der Waals surface area (Å²) in [7, 11) is 1.30. The van der Waals surface area contributed by atoms with Crippen molar-refractivity contribution in [1.29, 1.82) is 0 Å². The van der Waals surface area contributed by atoms with Crippen LogP contribution < -0.4 is 10.2 Å². The van der Waals surface area contributed by atoms with Gasteiger partial charge >= 0.3 is 5.97 Å². The van der Waals surface area contributed by atoms with E-state index in [0.29, 0.717) is 22.0 Å². The van der Waals surface area contributed by atoms with Gasteiger partial charge in [0.2, 0.25) is 11.8 Å². The zero-order valence-electron chi connectivity index (χ0n) is 14.1. The van der Waals surface area contributed by atoms with Gasteiger partial charge in [0.25, 0.3) is 0 Å². The van der Waals surface area contributed by atoms with Crippen LogP contribution in [0, 0.1) is 5.92 Å². The third-order valence-corrected chi connectivity index (χ3v) is 4.44. The summed E-state index contributed by atoms with van der Waals surface area (Å²) in [5.41, 5.74) is 1.55. The number of rotatable bonds is 4. The van der Waals surface area contributed by atoms with E-state index < -0.39 is 11.9 Å². The summed E-state index contributed by atoms with van der Waals surface area (Å²) in [6.45, 7) is 0.253. The number of carbonyl (C=O) groups is 3. The Hall–Kier alpha value is -2.86. The van der Waals surface area contributed by atoms with Crippen LogP contribution in [-0.4, -0.2) is 31.4 Å². The van der Waals surface area contributed by atoms with Gasteiger partial charge in [0.15, 0.2) is 0 Å². The minimum atomic E-state index is -0.476. The highest BCUT2D eigenvalue weighted by molar-refractivity contribution is 6.30. The molecule has 0 saturated carbocycles. The number of nitrogens with one attached hydrogen (secondary N) is 1. The number of ether oxygens (including phenoxy) is 1. The van der Waals surface area contributed by atoms with Gasteiger partial charge in [-0.15, -0.1) is 0 Å². The van der Waals surface area contributed by atoms with Crippen LogP contribution in [0.25, 0.3) is 0 Å². The van der Waals surface area contributed by atoms with Crippen molar-refractivity contribution in [1.82, 2.24) is 0 Å². The van der Waals surface area contributed by atoms with Crippen molar-refractivity contribution < 1.29 is 19.1 Å². The normalized spacial score (nSPS) is 16.5. The Morgan fingerprint density at radius 3 is 2.62 bits per heavy atom. The fourth-order valence-corrected chi connectivity index (χ4v) is 2.95. The van der Waals surface area contributed by atoms with E-state index in [1.807, 2.05) is 0 Å². The monoisotopic (exact) mass is 372 g/mol. The first-order chi connectivity index (χ1) is 12.5. The molecule has 134 valence electrons. The topological polar surface area (TPSA) is 75.7 Å². The van der Waals surface area contributed by atoms with E-state index in [9.17, 15) is 14.4 Å². The first-order valence-corrected chi connectivity index (χ1v) is 8.41. The Bertz CT molecular complexity index is 851. The lowest BCUT2D eigenvalue weighted by molar-refractivity contribution is -0.122. The first-order valence-electron chi connectivity index (χ1n) is 8.03. The first kappa shape index (κ1) is 17.9. The highest BCUT2D eigenvalue weighted by atomic mass is 35.5. The summed E-state index contributed by atoms with van der Waals surface area (Å²) >= 11 is 5.83. The number of halogens is 1. The van der Waals surface area contributed by atoms with Crippen LogP contribution in [0.4, 0.5) is 11.4 Å². The molecule has 2 amide bonds. The second-order valence-corrected chi connectivity index (χ2v) is 6.38. The molecule has 0 spiro atoms. The summed E-state index contributed by atoms with van der Waals surface area (Å²) < 4.78 is 4.70. The molecule has 7 heteroatoms. The summed E-state index contributed by atoms with van der Waals surface area (Å²) in [4.78, 5) is 38.0. The van der Waals surface area contributed by atoms with Gasteiger partial charge in [-0.2, -0.15) is 0 Å². The highest BCUT2D eigenvalue weighted by Crippen LogP contribution is 2.27. The minimum Gasteiger partial charge on any atom is -0.465 e. The van der Waals surface area contributed by atoms with Gasteiger partial charge in [-0.25, -0.2) is 4.79 Å². The smallest absolute Gasteiger partial charge is 0.337 e. The average Bonchev–Trinajstić information content (AvgIpc) is 3.05. The number of nitrogens with zero attached hydrogens (tertiary/aromatic N) is 1. The van der Waals surface area contributed by atoms with E-state index in [1.165, 1.54) is 12.0 Å². The highest BCUT2D eigenvalue weighted by Gasteiger charge is 2.35.